The van der Waals surface area contributed by atoms with Gasteiger partial charge in [-0.1, -0.05) is 47.7 Å². The summed E-state index contributed by atoms with van der Waals surface area (Å²) >= 11 is 0. The molecule has 1 saturated heterocycles. The van der Waals surface area contributed by atoms with Crippen LogP contribution in [0.1, 0.15) is 22.1 Å². The van der Waals surface area contributed by atoms with Crippen molar-refractivity contribution in [1.29, 1.82) is 0 Å². The van der Waals surface area contributed by atoms with Crippen molar-refractivity contribution in [2.75, 3.05) is 13.1 Å². The minimum absolute atomic E-state index is 0.0435. The number of nitrogens with zero attached hydrogens (tertiary/aromatic N) is 7. The van der Waals surface area contributed by atoms with E-state index in [9.17, 15) is 4.79 Å². The SMILES string of the molecule is O=C(c1ccc(-c2ccccc2)cc1)N1CC(n2cc(Cn3nccn3)nn2)C1. The van der Waals surface area contributed by atoms with Crippen molar-refractivity contribution in [3.8, 4) is 11.1 Å². The van der Waals surface area contributed by atoms with Crippen LogP contribution in [0.25, 0.3) is 11.1 Å². The summed E-state index contributed by atoms with van der Waals surface area (Å²) in [4.78, 5) is 16.1. The molecule has 1 amide bonds. The number of aromatic nitrogens is 6. The van der Waals surface area contributed by atoms with Gasteiger partial charge in [0, 0.05) is 18.7 Å². The first-order valence-electron chi connectivity index (χ1n) is 9.46. The Morgan fingerprint density at radius 1 is 0.931 bits per heavy atom. The molecule has 0 atom stereocenters. The maximum Gasteiger partial charge on any atom is 0.253 e. The highest BCUT2D eigenvalue weighted by atomic mass is 16.2. The van der Waals surface area contributed by atoms with E-state index >= 15 is 0 Å². The highest BCUT2D eigenvalue weighted by Gasteiger charge is 2.33. The summed E-state index contributed by atoms with van der Waals surface area (Å²) in [6, 6.07) is 18.1. The van der Waals surface area contributed by atoms with E-state index in [0.29, 0.717) is 25.2 Å². The van der Waals surface area contributed by atoms with Gasteiger partial charge in [-0.2, -0.15) is 15.0 Å². The Hall–Kier alpha value is -3.81. The second-order valence-corrected chi connectivity index (χ2v) is 7.06. The molecular weight excluding hydrogens is 366 g/mol. The van der Waals surface area contributed by atoms with Crippen molar-refractivity contribution in [2.24, 2.45) is 0 Å². The van der Waals surface area contributed by atoms with Crippen molar-refractivity contribution < 1.29 is 4.79 Å². The van der Waals surface area contributed by atoms with Gasteiger partial charge in [-0.15, -0.1) is 5.10 Å². The minimum Gasteiger partial charge on any atom is -0.334 e. The van der Waals surface area contributed by atoms with E-state index in [1.807, 2.05) is 58.2 Å². The van der Waals surface area contributed by atoms with Gasteiger partial charge < -0.3 is 4.90 Å². The van der Waals surface area contributed by atoms with E-state index in [4.69, 9.17) is 0 Å². The molecule has 5 rings (SSSR count). The Labute approximate surface area is 167 Å². The third kappa shape index (κ3) is 3.52. The topological polar surface area (TPSA) is 81.7 Å². The van der Waals surface area contributed by atoms with Gasteiger partial charge >= 0.3 is 0 Å². The van der Waals surface area contributed by atoms with Crippen LogP contribution in [0.5, 0.6) is 0 Å². The van der Waals surface area contributed by atoms with Crippen molar-refractivity contribution in [3.05, 3.63) is 84.4 Å². The van der Waals surface area contributed by atoms with Crippen molar-refractivity contribution in [2.45, 2.75) is 12.6 Å². The van der Waals surface area contributed by atoms with E-state index in [2.05, 4.69) is 32.6 Å². The summed E-state index contributed by atoms with van der Waals surface area (Å²) in [6.07, 6.45) is 5.16. The second-order valence-electron chi connectivity index (χ2n) is 7.06. The lowest BCUT2D eigenvalue weighted by Crippen LogP contribution is -2.50. The molecule has 1 aliphatic rings. The molecule has 8 heteroatoms. The van der Waals surface area contributed by atoms with Gasteiger partial charge in [0.15, 0.2) is 0 Å². The summed E-state index contributed by atoms with van der Waals surface area (Å²) in [5.74, 6) is 0.0435. The Balaban J connectivity index is 1.20. The predicted molar refractivity (Wildman–Crippen MR) is 106 cm³/mol. The summed E-state index contributed by atoms with van der Waals surface area (Å²) in [5.41, 5.74) is 3.74. The molecule has 0 aliphatic carbocycles. The lowest BCUT2D eigenvalue weighted by Gasteiger charge is -2.38. The first-order chi connectivity index (χ1) is 14.3. The average Bonchev–Trinajstić information content (AvgIpc) is 3.40. The van der Waals surface area contributed by atoms with E-state index in [0.717, 1.165) is 16.8 Å². The molecule has 0 N–H and O–H groups in total. The van der Waals surface area contributed by atoms with E-state index in [1.54, 1.807) is 17.2 Å². The molecule has 2 aromatic carbocycles. The van der Waals surface area contributed by atoms with Crippen LogP contribution >= 0.6 is 0 Å². The fourth-order valence-corrected chi connectivity index (χ4v) is 3.44. The molecule has 2 aromatic heterocycles. The lowest BCUT2D eigenvalue weighted by atomic mass is 10.0. The number of amides is 1. The van der Waals surface area contributed by atoms with Crippen LogP contribution in [0.3, 0.4) is 0 Å². The van der Waals surface area contributed by atoms with Gasteiger partial charge in [-0.05, 0) is 23.3 Å². The van der Waals surface area contributed by atoms with Crippen LogP contribution in [0.15, 0.2) is 73.2 Å². The zero-order chi connectivity index (χ0) is 19.6. The molecule has 0 spiro atoms. The second kappa shape index (κ2) is 7.31. The van der Waals surface area contributed by atoms with Gasteiger partial charge in [0.05, 0.1) is 24.6 Å². The molecular formula is C21H19N7O. The van der Waals surface area contributed by atoms with Crippen molar-refractivity contribution in [3.63, 3.8) is 0 Å². The first kappa shape index (κ1) is 17.3. The molecule has 3 heterocycles. The normalized spacial score (nSPS) is 14.0. The van der Waals surface area contributed by atoms with Crippen LogP contribution in [-0.2, 0) is 6.54 Å². The fraction of sp³-hybridized carbons (Fsp3) is 0.190. The summed E-state index contributed by atoms with van der Waals surface area (Å²) in [6.45, 7) is 1.74. The maximum atomic E-state index is 12.7. The van der Waals surface area contributed by atoms with Gasteiger partial charge in [0.1, 0.15) is 12.2 Å². The molecule has 144 valence electrons. The van der Waals surface area contributed by atoms with Crippen molar-refractivity contribution >= 4 is 5.91 Å². The number of carbonyl (C=O) groups excluding carboxylic acids is 1. The molecule has 0 unspecified atom stereocenters. The Bertz CT molecular complexity index is 1100. The largest absolute Gasteiger partial charge is 0.334 e. The fourth-order valence-electron chi connectivity index (χ4n) is 3.44. The van der Waals surface area contributed by atoms with Crippen LogP contribution in [0, 0.1) is 0 Å². The lowest BCUT2D eigenvalue weighted by molar-refractivity contribution is 0.0498. The van der Waals surface area contributed by atoms with Crippen LogP contribution in [0.4, 0.5) is 0 Å². The highest BCUT2D eigenvalue weighted by molar-refractivity contribution is 5.95. The van der Waals surface area contributed by atoms with E-state index in [1.165, 1.54) is 0 Å². The van der Waals surface area contributed by atoms with Gasteiger partial charge in [0.25, 0.3) is 5.91 Å². The first-order valence-corrected chi connectivity index (χ1v) is 9.46. The molecule has 4 aromatic rings. The number of rotatable bonds is 5. The Morgan fingerprint density at radius 2 is 1.62 bits per heavy atom. The number of carbonyl (C=O) groups is 1. The molecule has 8 nitrogen and oxygen atoms in total. The average molecular weight is 385 g/mol. The zero-order valence-electron chi connectivity index (χ0n) is 15.7. The summed E-state index contributed by atoms with van der Waals surface area (Å²) < 4.78 is 1.82. The standard InChI is InChI=1S/C21H19N7O/c29-21(18-8-6-17(7-9-18)16-4-2-1-3-5-16)26-14-20(15-26)27-12-19(24-25-27)13-28-22-10-11-23-28/h1-12,20H,13-15H2. The molecule has 0 bridgehead atoms. The third-order valence-corrected chi connectivity index (χ3v) is 5.09. The minimum atomic E-state index is 0.0435. The number of hydrogen-bond acceptors (Lipinski definition) is 5. The van der Waals surface area contributed by atoms with Gasteiger partial charge in [0.2, 0.25) is 0 Å². The number of hydrogen-bond donors (Lipinski definition) is 0. The number of likely N-dealkylation sites (tertiary alicyclic amines) is 1. The predicted octanol–water partition coefficient (Wildman–Crippen LogP) is 2.28. The molecule has 1 fully saturated rings. The molecule has 29 heavy (non-hydrogen) atoms. The summed E-state index contributed by atoms with van der Waals surface area (Å²) in [7, 11) is 0. The van der Waals surface area contributed by atoms with Crippen LogP contribution < -0.4 is 0 Å². The smallest absolute Gasteiger partial charge is 0.253 e. The van der Waals surface area contributed by atoms with Crippen LogP contribution in [-0.4, -0.2) is 53.9 Å². The van der Waals surface area contributed by atoms with E-state index < -0.39 is 0 Å². The van der Waals surface area contributed by atoms with Gasteiger partial charge in [-0.3, -0.25) is 4.79 Å². The van der Waals surface area contributed by atoms with Gasteiger partial charge in [-0.25, -0.2) is 4.68 Å². The zero-order valence-corrected chi connectivity index (χ0v) is 15.7. The monoisotopic (exact) mass is 385 g/mol. The number of benzene rings is 2. The van der Waals surface area contributed by atoms with Crippen LogP contribution in [0.2, 0.25) is 0 Å². The summed E-state index contributed by atoms with van der Waals surface area (Å²) in [5, 5.41) is 16.5. The quantitative estimate of drug-likeness (QED) is 0.526. The highest BCUT2D eigenvalue weighted by Crippen LogP contribution is 2.24. The Kier molecular flexibility index (Phi) is 4.36. The van der Waals surface area contributed by atoms with Crippen molar-refractivity contribution in [1.82, 2.24) is 34.9 Å². The third-order valence-electron chi connectivity index (χ3n) is 5.09. The molecule has 0 radical (unpaired) electrons. The molecule has 1 aliphatic heterocycles. The molecule has 0 saturated carbocycles. The van der Waals surface area contributed by atoms with E-state index in [-0.39, 0.29) is 11.9 Å². The Morgan fingerprint density at radius 3 is 2.34 bits per heavy atom. The maximum absolute atomic E-state index is 12.7.